The number of urea groups is 1. The fraction of sp³-hybridized carbons (Fsp3) is 0.250. The Hall–Kier alpha value is -4.91. The number of pyridine rings is 2. The molecule has 0 atom stereocenters. The number of nitrogens with zero attached hydrogens (tertiary/aromatic N) is 2. The molecule has 3 aromatic carbocycles. The van der Waals surface area contributed by atoms with E-state index in [9.17, 15) is 9.59 Å². The SMILES string of the molecule is COc1cccc(-c2cc(C(C)C)c(NC(=O)N(CCc3ccccc3)c3cc4cccnc4[nH]c3=O)c(C(C)C)c2)c1. The number of hydrogen-bond acceptors (Lipinski definition) is 4. The number of ether oxygens (including phenoxy) is 1. The first kappa shape index (κ1) is 29.6. The Kier molecular flexibility index (Phi) is 8.90. The quantitative estimate of drug-likeness (QED) is 0.186. The zero-order chi connectivity index (χ0) is 30.5. The van der Waals surface area contributed by atoms with Gasteiger partial charge in [-0.15, -0.1) is 0 Å². The number of carbonyl (C=O) groups is 1. The number of carbonyl (C=O) groups excluding carboxylic acids is 1. The van der Waals surface area contributed by atoms with Crippen LogP contribution in [0.25, 0.3) is 22.2 Å². The van der Waals surface area contributed by atoms with E-state index in [1.165, 1.54) is 0 Å². The summed E-state index contributed by atoms with van der Waals surface area (Å²) < 4.78 is 5.47. The minimum Gasteiger partial charge on any atom is -0.497 e. The number of hydrogen-bond donors (Lipinski definition) is 2. The fourth-order valence-electron chi connectivity index (χ4n) is 5.33. The summed E-state index contributed by atoms with van der Waals surface area (Å²) in [5, 5.41) is 4.00. The summed E-state index contributed by atoms with van der Waals surface area (Å²) in [5.41, 5.74) is 6.41. The van der Waals surface area contributed by atoms with Crippen molar-refractivity contribution in [2.45, 2.75) is 46.0 Å². The lowest BCUT2D eigenvalue weighted by Gasteiger charge is -2.27. The normalized spacial score (nSPS) is 11.2. The second-order valence-corrected chi connectivity index (χ2v) is 11.3. The number of methoxy groups -OCH3 is 1. The Bertz CT molecular complexity index is 1770. The highest BCUT2D eigenvalue weighted by Gasteiger charge is 2.24. The number of fused-ring (bicyclic) bond motifs is 1. The molecule has 0 radical (unpaired) electrons. The molecule has 2 aromatic heterocycles. The highest BCUT2D eigenvalue weighted by molar-refractivity contribution is 6.03. The summed E-state index contributed by atoms with van der Waals surface area (Å²) in [5.74, 6) is 1.05. The van der Waals surface area contributed by atoms with E-state index in [2.05, 4.69) is 61.2 Å². The molecule has 43 heavy (non-hydrogen) atoms. The molecule has 220 valence electrons. The van der Waals surface area contributed by atoms with Gasteiger partial charge in [-0.05, 0) is 88.5 Å². The van der Waals surface area contributed by atoms with E-state index >= 15 is 0 Å². The summed E-state index contributed by atoms with van der Waals surface area (Å²) in [6.45, 7) is 8.81. The van der Waals surface area contributed by atoms with Crippen LogP contribution in [0.5, 0.6) is 5.75 Å². The third-order valence-electron chi connectivity index (χ3n) is 7.68. The summed E-state index contributed by atoms with van der Waals surface area (Å²) in [7, 11) is 1.66. The summed E-state index contributed by atoms with van der Waals surface area (Å²) in [6, 6.07) is 27.3. The number of amides is 2. The number of benzene rings is 3. The molecular weight excluding hydrogens is 536 g/mol. The van der Waals surface area contributed by atoms with Gasteiger partial charge in [-0.2, -0.15) is 0 Å². The first-order chi connectivity index (χ1) is 20.7. The van der Waals surface area contributed by atoms with Crippen molar-refractivity contribution < 1.29 is 9.53 Å². The van der Waals surface area contributed by atoms with Crippen molar-refractivity contribution in [1.29, 1.82) is 0 Å². The number of rotatable bonds is 9. The van der Waals surface area contributed by atoms with Gasteiger partial charge in [0.15, 0.2) is 0 Å². The maximum absolute atomic E-state index is 14.2. The molecule has 0 fully saturated rings. The first-order valence-corrected chi connectivity index (χ1v) is 14.7. The van der Waals surface area contributed by atoms with Gasteiger partial charge in [0.1, 0.15) is 17.1 Å². The van der Waals surface area contributed by atoms with Crippen molar-refractivity contribution in [2.75, 3.05) is 23.9 Å². The molecule has 5 aromatic rings. The van der Waals surface area contributed by atoms with Crippen LogP contribution in [0.2, 0.25) is 0 Å². The first-order valence-electron chi connectivity index (χ1n) is 14.7. The predicted molar refractivity (Wildman–Crippen MR) is 175 cm³/mol. The Balaban J connectivity index is 1.58. The molecule has 0 aliphatic carbocycles. The summed E-state index contributed by atoms with van der Waals surface area (Å²) in [4.78, 5) is 36.2. The minimum absolute atomic E-state index is 0.131. The molecule has 0 saturated carbocycles. The molecule has 0 bridgehead atoms. The van der Waals surface area contributed by atoms with Crippen LogP contribution < -0.4 is 20.5 Å². The van der Waals surface area contributed by atoms with Crippen LogP contribution >= 0.6 is 0 Å². The molecule has 7 heteroatoms. The van der Waals surface area contributed by atoms with Crippen molar-refractivity contribution in [3.8, 4) is 16.9 Å². The Labute approximate surface area is 252 Å². The van der Waals surface area contributed by atoms with Crippen molar-refractivity contribution in [1.82, 2.24) is 9.97 Å². The monoisotopic (exact) mass is 574 g/mol. The molecule has 0 spiro atoms. The number of H-pyrrole nitrogens is 1. The number of nitrogens with one attached hydrogen (secondary N) is 2. The number of aromatic amines is 1. The van der Waals surface area contributed by atoms with E-state index in [0.717, 1.165) is 44.6 Å². The Morgan fingerprint density at radius 1 is 0.884 bits per heavy atom. The van der Waals surface area contributed by atoms with Gasteiger partial charge in [-0.1, -0.05) is 70.2 Å². The van der Waals surface area contributed by atoms with Gasteiger partial charge < -0.3 is 15.0 Å². The molecule has 2 N–H and O–H groups in total. The van der Waals surface area contributed by atoms with E-state index in [1.807, 2.05) is 60.7 Å². The second kappa shape index (κ2) is 12.9. The van der Waals surface area contributed by atoms with Crippen LogP contribution in [0, 0.1) is 0 Å². The van der Waals surface area contributed by atoms with Crippen molar-refractivity contribution in [3.05, 3.63) is 118 Å². The summed E-state index contributed by atoms with van der Waals surface area (Å²) >= 11 is 0. The maximum Gasteiger partial charge on any atom is 0.326 e. The highest BCUT2D eigenvalue weighted by Crippen LogP contribution is 2.38. The topological polar surface area (TPSA) is 87.3 Å². The molecule has 2 heterocycles. The van der Waals surface area contributed by atoms with E-state index < -0.39 is 0 Å². The largest absolute Gasteiger partial charge is 0.497 e. The van der Waals surface area contributed by atoms with Gasteiger partial charge in [0.25, 0.3) is 5.56 Å². The van der Waals surface area contributed by atoms with Crippen LogP contribution in [0.15, 0.2) is 95.9 Å². The average Bonchev–Trinajstić information content (AvgIpc) is 3.01. The van der Waals surface area contributed by atoms with Crippen LogP contribution in [0.4, 0.5) is 16.2 Å². The van der Waals surface area contributed by atoms with Gasteiger partial charge in [-0.25, -0.2) is 9.78 Å². The predicted octanol–water partition coefficient (Wildman–Crippen LogP) is 8.13. The molecular formula is C36H38N4O3. The Morgan fingerprint density at radius 2 is 1.60 bits per heavy atom. The zero-order valence-corrected chi connectivity index (χ0v) is 25.3. The van der Waals surface area contributed by atoms with Gasteiger partial charge in [-0.3, -0.25) is 9.69 Å². The van der Waals surface area contributed by atoms with E-state index in [0.29, 0.717) is 18.6 Å². The zero-order valence-electron chi connectivity index (χ0n) is 25.3. The summed E-state index contributed by atoms with van der Waals surface area (Å²) in [6.07, 6.45) is 2.22. The van der Waals surface area contributed by atoms with E-state index in [-0.39, 0.29) is 29.1 Å². The second-order valence-electron chi connectivity index (χ2n) is 11.3. The van der Waals surface area contributed by atoms with Crippen molar-refractivity contribution in [2.24, 2.45) is 0 Å². The highest BCUT2D eigenvalue weighted by atomic mass is 16.5. The number of aromatic nitrogens is 2. The lowest BCUT2D eigenvalue weighted by atomic mass is 9.88. The fourth-order valence-corrected chi connectivity index (χ4v) is 5.33. The molecule has 7 nitrogen and oxygen atoms in total. The molecule has 0 unspecified atom stereocenters. The molecule has 0 saturated heterocycles. The maximum atomic E-state index is 14.2. The van der Waals surface area contributed by atoms with Crippen LogP contribution in [0.3, 0.4) is 0 Å². The van der Waals surface area contributed by atoms with Crippen LogP contribution in [-0.4, -0.2) is 29.7 Å². The average molecular weight is 575 g/mol. The van der Waals surface area contributed by atoms with Crippen LogP contribution in [-0.2, 0) is 6.42 Å². The molecule has 2 amide bonds. The minimum atomic E-state index is -0.365. The third kappa shape index (κ3) is 6.61. The van der Waals surface area contributed by atoms with Crippen LogP contribution in [0.1, 0.15) is 56.2 Å². The lowest BCUT2D eigenvalue weighted by Crippen LogP contribution is -2.40. The Morgan fingerprint density at radius 3 is 2.28 bits per heavy atom. The van der Waals surface area contributed by atoms with Gasteiger partial charge in [0.2, 0.25) is 0 Å². The van der Waals surface area contributed by atoms with Crippen molar-refractivity contribution in [3.63, 3.8) is 0 Å². The smallest absolute Gasteiger partial charge is 0.326 e. The van der Waals surface area contributed by atoms with Gasteiger partial charge in [0, 0.05) is 23.8 Å². The molecule has 0 aliphatic rings. The van der Waals surface area contributed by atoms with Gasteiger partial charge in [0.05, 0.1) is 7.11 Å². The number of anilines is 2. The lowest BCUT2D eigenvalue weighted by molar-refractivity contribution is 0.257. The molecule has 5 rings (SSSR count). The third-order valence-corrected chi connectivity index (χ3v) is 7.68. The molecule has 0 aliphatic heterocycles. The van der Waals surface area contributed by atoms with Gasteiger partial charge >= 0.3 is 6.03 Å². The van der Waals surface area contributed by atoms with Crippen molar-refractivity contribution >= 4 is 28.4 Å². The van der Waals surface area contributed by atoms with E-state index in [1.54, 1.807) is 24.3 Å². The van der Waals surface area contributed by atoms with E-state index in [4.69, 9.17) is 4.74 Å². The standard InChI is InChI=1S/C36H38N4O3/c1-23(2)30-20-28(26-13-9-15-29(19-26)43-5)21-31(24(3)4)33(30)38-36(42)40(18-16-25-11-7-6-8-12-25)32-22-27-14-10-17-37-34(27)39-35(32)41/h6-15,17,19-24H,16,18H2,1-5H3,(H,38,42)(H,37,39,41).